The second-order valence-corrected chi connectivity index (χ2v) is 7.57. The fourth-order valence-electron chi connectivity index (χ4n) is 3.83. The van der Waals surface area contributed by atoms with Gasteiger partial charge in [0.1, 0.15) is 5.75 Å². The number of aliphatic hydroxyl groups is 1. The van der Waals surface area contributed by atoms with Crippen LogP contribution in [0.3, 0.4) is 0 Å². The molecule has 2 N–H and O–H groups in total. The minimum absolute atomic E-state index is 0.112. The number of phenolic OH excluding ortho intramolecular Hbond substituents is 1. The van der Waals surface area contributed by atoms with Gasteiger partial charge in [-0.1, -0.05) is 86.6 Å². The molecule has 3 aromatic rings. The van der Waals surface area contributed by atoms with E-state index in [1.165, 1.54) is 16.7 Å². The van der Waals surface area contributed by atoms with E-state index in [1.54, 1.807) is 0 Å². The Kier molecular flexibility index (Phi) is 6.89. The van der Waals surface area contributed by atoms with E-state index in [9.17, 15) is 5.11 Å². The molecule has 2 nitrogen and oxygen atoms in total. The van der Waals surface area contributed by atoms with Crippen LogP contribution >= 0.6 is 0 Å². The minimum Gasteiger partial charge on any atom is -0.507 e. The molecule has 0 aromatic heterocycles. The van der Waals surface area contributed by atoms with Crippen molar-refractivity contribution >= 4 is 0 Å². The van der Waals surface area contributed by atoms with E-state index in [4.69, 9.17) is 5.11 Å². The second kappa shape index (κ2) is 9.57. The highest BCUT2D eigenvalue weighted by atomic mass is 16.3. The van der Waals surface area contributed by atoms with Crippen LogP contribution in [0, 0.1) is 0 Å². The summed E-state index contributed by atoms with van der Waals surface area (Å²) in [5.74, 6) is 0.625. The summed E-state index contributed by atoms with van der Waals surface area (Å²) in [5.41, 5.74) is 5.57. The normalized spacial score (nSPS) is 13.2. The lowest BCUT2D eigenvalue weighted by molar-refractivity contribution is 0.284. The van der Waals surface area contributed by atoms with Gasteiger partial charge < -0.3 is 10.2 Å². The van der Waals surface area contributed by atoms with E-state index < -0.39 is 0 Å². The molecule has 0 bridgehead atoms. The lowest BCUT2D eigenvalue weighted by Gasteiger charge is -2.22. The molecule has 3 aromatic carbocycles. The number of phenols is 1. The fourth-order valence-corrected chi connectivity index (χ4v) is 3.83. The first-order valence-corrected chi connectivity index (χ1v) is 10.2. The van der Waals surface area contributed by atoms with E-state index in [0.717, 1.165) is 30.4 Å². The van der Waals surface area contributed by atoms with Gasteiger partial charge in [0.2, 0.25) is 0 Å². The van der Waals surface area contributed by atoms with Crippen molar-refractivity contribution in [2.24, 2.45) is 0 Å². The third-order valence-electron chi connectivity index (χ3n) is 5.63. The molecule has 0 amide bonds. The van der Waals surface area contributed by atoms with Crippen molar-refractivity contribution in [1.82, 2.24) is 0 Å². The molecule has 0 radical (unpaired) electrons. The number of unbranched alkanes of at least 4 members (excludes halogenated alkanes) is 1. The number of aryl methyl sites for hydroxylation is 1. The summed E-state index contributed by atoms with van der Waals surface area (Å²) in [4.78, 5) is 0. The van der Waals surface area contributed by atoms with Crippen LogP contribution in [0.5, 0.6) is 5.75 Å². The molecule has 2 atom stereocenters. The van der Waals surface area contributed by atoms with Gasteiger partial charge in [0.25, 0.3) is 0 Å². The number of benzene rings is 3. The molecule has 0 heterocycles. The summed E-state index contributed by atoms with van der Waals surface area (Å²) in [7, 11) is 0. The number of hydrogen-bond donors (Lipinski definition) is 2. The van der Waals surface area contributed by atoms with Gasteiger partial charge in [-0.2, -0.15) is 0 Å². The number of aliphatic hydroxyl groups excluding tert-OH is 1. The number of rotatable bonds is 8. The number of aromatic hydroxyl groups is 1. The lowest BCUT2D eigenvalue weighted by Crippen LogP contribution is -2.04. The average molecular weight is 375 g/mol. The summed E-state index contributed by atoms with van der Waals surface area (Å²) in [6.07, 6.45) is 2.65. The molecule has 0 fully saturated rings. The Balaban J connectivity index is 2.04. The quantitative estimate of drug-likeness (QED) is 0.474. The maximum absolute atomic E-state index is 11.2. The van der Waals surface area contributed by atoms with E-state index in [-0.39, 0.29) is 18.4 Å². The van der Waals surface area contributed by atoms with Crippen molar-refractivity contribution in [3.8, 4) is 5.75 Å². The highest BCUT2D eigenvalue weighted by Gasteiger charge is 2.21. The monoisotopic (exact) mass is 374 g/mol. The Bertz CT molecular complexity index is 805. The predicted octanol–water partition coefficient (Wildman–Crippen LogP) is 6.01. The van der Waals surface area contributed by atoms with Gasteiger partial charge in [0.15, 0.2) is 0 Å². The molecule has 146 valence electrons. The first kappa shape index (κ1) is 20.2. The zero-order valence-electron chi connectivity index (χ0n) is 16.8. The molecule has 0 saturated heterocycles. The molecule has 0 aliphatic carbocycles. The third kappa shape index (κ3) is 4.63. The van der Waals surface area contributed by atoms with Crippen LogP contribution in [0.1, 0.15) is 66.3 Å². The molecule has 2 unspecified atom stereocenters. The molecular weight excluding hydrogens is 344 g/mol. The Morgan fingerprint density at radius 3 is 1.61 bits per heavy atom. The van der Waals surface area contributed by atoms with Crippen LogP contribution in [0.4, 0.5) is 0 Å². The second-order valence-electron chi connectivity index (χ2n) is 7.57. The van der Waals surface area contributed by atoms with Crippen LogP contribution in [0.2, 0.25) is 0 Å². The Morgan fingerprint density at radius 1 is 0.714 bits per heavy atom. The van der Waals surface area contributed by atoms with Gasteiger partial charge in [-0.25, -0.2) is 0 Å². The summed E-state index contributed by atoms with van der Waals surface area (Å²) < 4.78 is 0. The van der Waals surface area contributed by atoms with Crippen LogP contribution in [0.25, 0.3) is 0 Å². The molecule has 0 aliphatic heterocycles. The molecule has 3 rings (SSSR count). The van der Waals surface area contributed by atoms with Gasteiger partial charge in [-0.05, 0) is 36.0 Å². The van der Waals surface area contributed by atoms with Gasteiger partial charge in [0.05, 0.1) is 0 Å². The summed E-state index contributed by atoms with van der Waals surface area (Å²) in [6.45, 7) is 4.52. The Morgan fingerprint density at radius 2 is 1.18 bits per heavy atom. The zero-order chi connectivity index (χ0) is 19.9. The van der Waals surface area contributed by atoms with Gasteiger partial charge in [-0.15, -0.1) is 0 Å². The van der Waals surface area contributed by atoms with Crippen molar-refractivity contribution in [1.29, 1.82) is 0 Å². The zero-order valence-corrected chi connectivity index (χ0v) is 16.8. The maximum atomic E-state index is 11.2. The largest absolute Gasteiger partial charge is 0.507 e. The smallest absolute Gasteiger partial charge is 0.123 e. The first-order valence-electron chi connectivity index (χ1n) is 10.2. The molecule has 28 heavy (non-hydrogen) atoms. The Hall–Kier alpha value is -2.58. The highest BCUT2D eigenvalue weighted by Crippen LogP contribution is 2.39. The Labute approximate surface area is 168 Å². The van der Waals surface area contributed by atoms with E-state index in [1.807, 2.05) is 36.4 Å². The summed E-state index contributed by atoms with van der Waals surface area (Å²) in [6, 6.07) is 25.0. The third-order valence-corrected chi connectivity index (χ3v) is 5.63. The van der Waals surface area contributed by atoms with E-state index in [0.29, 0.717) is 5.75 Å². The summed E-state index contributed by atoms with van der Waals surface area (Å²) in [5, 5.41) is 20.3. The molecule has 2 heteroatoms. The van der Waals surface area contributed by atoms with Crippen molar-refractivity contribution < 1.29 is 10.2 Å². The van der Waals surface area contributed by atoms with Crippen molar-refractivity contribution in [2.75, 3.05) is 6.61 Å². The van der Waals surface area contributed by atoms with Gasteiger partial charge in [-0.3, -0.25) is 0 Å². The van der Waals surface area contributed by atoms with Crippen LogP contribution < -0.4 is 0 Å². The van der Waals surface area contributed by atoms with Crippen molar-refractivity contribution in [3.05, 3.63) is 101 Å². The molecule has 0 saturated carbocycles. The molecular formula is C26H30O2. The van der Waals surface area contributed by atoms with Crippen molar-refractivity contribution in [3.63, 3.8) is 0 Å². The highest BCUT2D eigenvalue weighted by molar-refractivity contribution is 5.52. The fraction of sp³-hybridized carbons (Fsp3) is 0.308. The number of hydrogen-bond acceptors (Lipinski definition) is 2. The van der Waals surface area contributed by atoms with Crippen molar-refractivity contribution in [2.45, 2.75) is 44.9 Å². The van der Waals surface area contributed by atoms with E-state index >= 15 is 0 Å². The van der Waals surface area contributed by atoms with Crippen LogP contribution in [0.15, 0.2) is 72.8 Å². The SMILES string of the molecule is CC(c1ccccc1)c1cc(CCCCO)cc(C(C)c2ccccc2)c1O. The molecule has 0 aliphatic rings. The summed E-state index contributed by atoms with van der Waals surface area (Å²) >= 11 is 0. The topological polar surface area (TPSA) is 40.5 Å². The van der Waals surface area contributed by atoms with Gasteiger partial charge >= 0.3 is 0 Å². The average Bonchev–Trinajstić information content (AvgIpc) is 2.75. The first-order chi connectivity index (χ1) is 13.6. The minimum atomic E-state index is 0.112. The van der Waals surface area contributed by atoms with Crippen LogP contribution in [-0.4, -0.2) is 16.8 Å². The van der Waals surface area contributed by atoms with Crippen LogP contribution in [-0.2, 0) is 6.42 Å². The molecule has 0 spiro atoms. The standard InChI is InChI=1S/C26H30O2/c1-19(22-12-5-3-6-13-22)24-17-21(11-9-10-16-27)18-25(26(24)28)20(2)23-14-7-4-8-15-23/h3-8,12-15,17-20,27-28H,9-11,16H2,1-2H3. The van der Waals surface area contributed by atoms with Gasteiger partial charge in [0, 0.05) is 29.6 Å². The maximum Gasteiger partial charge on any atom is 0.123 e. The lowest BCUT2D eigenvalue weighted by atomic mass is 9.84. The predicted molar refractivity (Wildman–Crippen MR) is 116 cm³/mol. The van der Waals surface area contributed by atoms with E-state index in [2.05, 4.69) is 50.2 Å².